The minimum atomic E-state index is -0.297. The van der Waals surface area contributed by atoms with Gasteiger partial charge in [-0.15, -0.1) is 0 Å². The van der Waals surface area contributed by atoms with Crippen molar-refractivity contribution in [2.45, 2.75) is 12.5 Å². The van der Waals surface area contributed by atoms with E-state index in [9.17, 15) is 9.59 Å². The molecule has 0 aliphatic carbocycles. The number of rotatable bonds is 4. The average molecular weight is 361 g/mol. The molecule has 1 saturated heterocycles. The molecule has 0 radical (unpaired) electrons. The van der Waals surface area contributed by atoms with Crippen LogP contribution < -0.4 is 10.6 Å². The van der Waals surface area contributed by atoms with Crippen molar-refractivity contribution >= 4 is 40.9 Å². The highest BCUT2D eigenvalue weighted by Gasteiger charge is 2.20. The van der Waals surface area contributed by atoms with Crippen molar-refractivity contribution in [1.82, 2.24) is 5.32 Å². The predicted molar refractivity (Wildman–Crippen MR) is 99.0 cm³/mol. The molecule has 1 aliphatic rings. The fourth-order valence-corrected chi connectivity index (χ4v) is 3.87. The van der Waals surface area contributed by atoms with E-state index >= 15 is 0 Å². The third-order valence-electron chi connectivity index (χ3n) is 3.77. The molecular weight excluding hydrogens is 344 g/mol. The Morgan fingerprint density at radius 2 is 1.92 bits per heavy atom. The molecule has 1 heterocycles. The van der Waals surface area contributed by atoms with Crippen LogP contribution in [0.3, 0.4) is 0 Å². The Hall–Kier alpha value is -1.98. The lowest BCUT2D eigenvalue weighted by molar-refractivity contribution is 0.0942. The Labute approximate surface area is 150 Å². The lowest BCUT2D eigenvalue weighted by atomic mass is 10.1. The second-order valence-corrected chi connectivity index (χ2v) is 7.13. The van der Waals surface area contributed by atoms with Gasteiger partial charge in [-0.25, -0.2) is 0 Å². The molecular formula is C18H17ClN2O2S. The summed E-state index contributed by atoms with van der Waals surface area (Å²) in [5, 5.41) is 6.31. The normalized spacial score (nSPS) is 16.6. The number of para-hydroxylation sites is 1. The number of carbonyl (C=O) groups is 2. The molecule has 2 amide bonds. The van der Waals surface area contributed by atoms with Crippen molar-refractivity contribution in [1.29, 1.82) is 0 Å². The van der Waals surface area contributed by atoms with Gasteiger partial charge in [0.25, 0.3) is 11.8 Å². The summed E-state index contributed by atoms with van der Waals surface area (Å²) in [6.45, 7) is 0. The molecule has 3 rings (SSSR count). The molecule has 1 aliphatic heterocycles. The number of thioether (sulfide) groups is 1. The molecule has 6 heteroatoms. The molecule has 1 unspecified atom stereocenters. The number of benzene rings is 2. The van der Waals surface area contributed by atoms with E-state index in [1.54, 1.807) is 48.5 Å². The number of anilines is 1. The van der Waals surface area contributed by atoms with E-state index in [-0.39, 0.29) is 17.9 Å². The molecule has 0 bridgehead atoms. The highest BCUT2D eigenvalue weighted by Crippen LogP contribution is 2.20. The monoisotopic (exact) mass is 360 g/mol. The van der Waals surface area contributed by atoms with Crippen LogP contribution in [0.1, 0.15) is 27.1 Å². The minimum absolute atomic E-state index is 0.163. The van der Waals surface area contributed by atoms with E-state index in [1.807, 2.05) is 11.8 Å². The maximum Gasteiger partial charge on any atom is 0.255 e. The molecule has 2 N–H and O–H groups in total. The van der Waals surface area contributed by atoms with Crippen LogP contribution in [0.15, 0.2) is 48.5 Å². The fraction of sp³-hybridized carbons (Fsp3) is 0.222. The molecule has 0 spiro atoms. The number of hydrogen-bond donors (Lipinski definition) is 2. The maximum atomic E-state index is 12.5. The summed E-state index contributed by atoms with van der Waals surface area (Å²) in [7, 11) is 0. The summed E-state index contributed by atoms with van der Waals surface area (Å²) in [5.74, 6) is 1.54. The average Bonchev–Trinajstić information content (AvgIpc) is 3.08. The summed E-state index contributed by atoms with van der Waals surface area (Å²) in [5.41, 5.74) is 1.40. The topological polar surface area (TPSA) is 58.2 Å². The van der Waals surface area contributed by atoms with Crippen LogP contribution in [0.25, 0.3) is 0 Å². The lowest BCUT2D eigenvalue weighted by Crippen LogP contribution is -2.35. The number of carbonyl (C=O) groups excluding carboxylic acids is 2. The zero-order chi connectivity index (χ0) is 16.9. The smallest absolute Gasteiger partial charge is 0.255 e. The van der Waals surface area contributed by atoms with Crippen molar-refractivity contribution in [3.63, 3.8) is 0 Å². The Kier molecular flexibility index (Phi) is 5.43. The standard InChI is InChI=1S/C18H17ClN2O2S/c19-13-5-3-4-12(10-13)17(22)21-16-7-2-1-6-15(16)18(23)20-14-8-9-24-11-14/h1-7,10,14H,8-9,11H2,(H,20,23)(H,21,22). The van der Waals surface area contributed by atoms with Crippen molar-refractivity contribution in [3.05, 3.63) is 64.7 Å². The highest BCUT2D eigenvalue weighted by molar-refractivity contribution is 7.99. The van der Waals surface area contributed by atoms with Gasteiger partial charge in [0.15, 0.2) is 0 Å². The first-order chi connectivity index (χ1) is 11.6. The predicted octanol–water partition coefficient (Wildman–Crippen LogP) is 3.83. The first-order valence-corrected chi connectivity index (χ1v) is 9.21. The summed E-state index contributed by atoms with van der Waals surface area (Å²) in [6, 6.07) is 13.9. The van der Waals surface area contributed by atoms with Crippen molar-refractivity contribution in [3.8, 4) is 0 Å². The van der Waals surface area contributed by atoms with Gasteiger partial charge in [-0.3, -0.25) is 9.59 Å². The van der Waals surface area contributed by atoms with Crippen molar-refractivity contribution < 1.29 is 9.59 Å². The van der Waals surface area contributed by atoms with Crippen LogP contribution >= 0.6 is 23.4 Å². The van der Waals surface area contributed by atoms with E-state index in [4.69, 9.17) is 11.6 Å². The van der Waals surface area contributed by atoms with E-state index < -0.39 is 0 Å². The maximum absolute atomic E-state index is 12.5. The number of nitrogens with one attached hydrogen (secondary N) is 2. The van der Waals surface area contributed by atoms with Crippen LogP contribution in [0.4, 0.5) is 5.69 Å². The molecule has 24 heavy (non-hydrogen) atoms. The van der Waals surface area contributed by atoms with Gasteiger partial charge < -0.3 is 10.6 Å². The van der Waals surface area contributed by atoms with Gasteiger partial charge in [0.2, 0.25) is 0 Å². The third-order valence-corrected chi connectivity index (χ3v) is 5.17. The van der Waals surface area contributed by atoms with Crippen molar-refractivity contribution in [2.75, 3.05) is 16.8 Å². The largest absolute Gasteiger partial charge is 0.348 e. The Balaban J connectivity index is 1.76. The van der Waals surface area contributed by atoms with Gasteiger partial charge in [0, 0.05) is 22.4 Å². The van der Waals surface area contributed by atoms with E-state index in [0.29, 0.717) is 21.8 Å². The van der Waals surface area contributed by atoms with Crippen LogP contribution in [-0.4, -0.2) is 29.4 Å². The molecule has 2 aromatic rings. The first kappa shape index (κ1) is 16.9. The summed E-state index contributed by atoms with van der Waals surface area (Å²) >= 11 is 7.76. The number of halogens is 1. The molecule has 0 aromatic heterocycles. The van der Waals surface area contributed by atoms with Crippen LogP contribution in [0.5, 0.6) is 0 Å². The molecule has 1 fully saturated rings. The SMILES string of the molecule is O=C(Nc1ccccc1C(=O)NC1CCSC1)c1cccc(Cl)c1. The summed E-state index contributed by atoms with van der Waals surface area (Å²) in [6.07, 6.45) is 0.980. The second-order valence-electron chi connectivity index (χ2n) is 5.54. The minimum Gasteiger partial charge on any atom is -0.348 e. The molecule has 124 valence electrons. The van der Waals surface area contributed by atoms with Crippen LogP contribution in [-0.2, 0) is 0 Å². The Morgan fingerprint density at radius 3 is 2.67 bits per heavy atom. The zero-order valence-corrected chi connectivity index (χ0v) is 14.5. The number of amides is 2. The summed E-state index contributed by atoms with van der Waals surface area (Å²) < 4.78 is 0. The van der Waals surface area contributed by atoms with Gasteiger partial charge in [0.05, 0.1) is 11.3 Å². The molecule has 0 saturated carbocycles. The number of hydrogen-bond acceptors (Lipinski definition) is 3. The fourth-order valence-electron chi connectivity index (χ4n) is 2.53. The Bertz CT molecular complexity index is 760. The lowest BCUT2D eigenvalue weighted by Gasteiger charge is -2.14. The highest BCUT2D eigenvalue weighted by atomic mass is 35.5. The van der Waals surface area contributed by atoms with E-state index in [1.165, 1.54) is 0 Å². The zero-order valence-electron chi connectivity index (χ0n) is 12.9. The first-order valence-electron chi connectivity index (χ1n) is 7.68. The van der Waals surface area contributed by atoms with Gasteiger partial charge in [-0.1, -0.05) is 29.8 Å². The van der Waals surface area contributed by atoms with Crippen LogP contribution in [0, 0.1) is 0 Å². The third kappa shape index (κ3) is 4.10. The molecule has 4 nitrogen and oxygen atoms in total. The van der Waals surface area contributed by atoms with Crippen molar-refractivity contribution in [2.24, 2.45) is 0 Å². The summed E-state index contributed by atoms with van der Waals surface area (Å²) in [4.78, 5) is 24.9. The van der Waals surface area contributed by atoms with Crippen LogP contribution in [0.2, 0.25) is 5.02 Å². The van der Waals surface area contributed by atoms with Gasteiger partial charge in [-0.05, 0) is 42.5 Å². The molecule has 1 atom stereocenters. The van der Waals surface area contributed by atoms with Gasteiger partial charge in [0.1, 0.15) is 0 Å². The second kappa shape index (κ2) is 7.73. The van der Waals surface area contributed by atoms with E-state index in [0.717, 1.165) is 17.9 Å². The Morgan fingerprint density at radius 1 is 1.08 bits per heavy atom. The van der Waals surface area contributed by atoms with Gasteiger partial charge in [-0.2, -0.15) is 11.8 Å². The quantitative estimate of drug-likeness (QED) is 0.871. The van der Waals surface area contributed by atoms with Gasteiger partial charge >= 0.3 is 0 Å². The molecule has 2 aromatic carbocycles. The van der Waals surface area contributed by atoms with E-state index in [2.05, 4.69) is 10.6 Å².